The van der Waals surface area contributed by atoms with E-state index in [0.717, 1.165) is 0 Å². The minimum absolute atomic E-state index is 0.0498. The molecule has 0 spiro atoms. The van der Waals surface area contributed by atoms with Crippen LogP contribution in [0.3, 0.4) is 0 Å². The van der Waals surface area contributed by atoms with E-state index < -0.39 is 11.2 Å². The number of benzene rings is 3. The van der Waals surface area contributed by atoms with E-state index in [-0.39, 0.29) is 80.9 Å². The number of hydrogen-bond donors (Lipinski definition) is 1. The Morgan fingerprint density at radius 2 is 1.47 bits per heavy atom. The topological polar surface area (TPSA) is 67.5 Å². The summed E-state index contributed by atoms with van der Waals surface area (Å²) < 4.78 is 5.79. The van der Waals surface area contributed by atoms with Crippen LogP contribution >= 0.6 is 46.4 Å². The molecule has 4 rings (SSSR count). The van der Waals surface area contributed by atoms with Crippen molar-refractivity contribution in [2.75, 3.05) is 0 Å². The van der Waals surface area contributed by atoms with Crippen molar-refractivity contribution in [2.45, 2.75) is 0 Å². The smallest absolute Gasteiger partial charge is 0.168 e. The van der Waals surface area contributed by atoms with Gasteiger partial charge in [-0.15, -0.1) is 0 Å². The van der Waals surface area contributed by atoms with Crippen LogP contribution in [0.25, 0.3) is 33.4 Å². The molecule has 0 saturated heterocycles. The highest BCUT2D eigenvalue weighted by Gasteiger charge is 2.29. The van der Waals surface area contributed by atoms with E-state index in [2.05, 4.69) is 0 Å². The number of carbonyl (C=O) groups is 1. The van der Waals surface area contributed by atoms with Crippen molar-refractivity contribution in [1.82, 2.24) is 0 Å². The number of aromatic hydroxyl groups is 1. The molecular formula is C20H4B4Cl4O4. The van der Waals surface area contributed by atoms with Gasteiger partial charge in [-0.2, -0.15) is 0 Å². The highest BCUT2D eigenvalue weighted by atomic mass is 35.5. The van der Waals surface area contributed by atoms with Gasteiger partial charge in [-0.1, -0.05) is 64.0 Å². The highest BCUT2D eigenvalue weighted by molar-refractivity contribution is 6.54. The van der Waals surface area contributed by atoms with E-state index >= 15 is 0 Å². The molecule has 0 amide bonds. The molecule has 0 atom stereocenters. The predicted molar refractivity (Wildman–Crippen MR) is 133 cm³/mol. The number of rotatable bonds is 2. The lowest BCUT2D eigenvalue weighted by Crippen LogP contribution is -2.40. The van der Waals surface area contributed by atoms with Gasteiger partial charge in [-0.3, -0.25) is 9.59 Å². The summed E-state index contributed by atoms with van der Waals surface area (Å²) >= 11 is 25.2. The van der Waals surface area contributed by atoms with E-state index in [1.807, 2.05) is 0 Å². The molecular weight excluding hydrogens is 489 g/mol. The Bertz CT molecular complexity index is 1520. The number of halogens is 4. The maximum Gasteiger partial charge on any atom is 0.168 e. The summed E-state index contributed by atoms with van der Waals surface area (Å²) in [7, 11) is 23.8. The zero-order chi connectivity index (χ0) is 23.6. The first-order valence-electron chi connectivity index (χ1n) is 8.68. The molecule has 1 aliphatic carbocycles. The molecule has 1 heterocycles. The van der Waals surface area contributed by atoms with Crippen LogP contribution in [0.15, 0.2) is 21.3 Å². The van der Waals surface area contributed by atoms with Gasteiger partial charge >= 0.3 is 0 Å². The Hall–Kier alpha value is -1.98. The molecule has 1 aliphatic heterocycles. The average Bonchev–Trinajstić information content (AvgIpc) is 2.76. The van der Waals surface area contributed by atoms with Gasteiger partial charge in [0.1, 0.15) is 48.5 Å². The van der Waals surface area contributed by atoms with Crippen LogP contribution in [0.1, 0.15) is 10.4 Å². The molecule has 0 saturated carbocycles. The van der Waals surface area contributed by atoms with Gasteiger partial charge in [0.25, 0.3) is 0 Å². The third-order valence-electron chi connectivity index (χ3n) is 5.03. The Balaban J connectivity index is 2.41. The summed E-state index contributed by atoms with van der Waals surface area (Å²) in [6.45, 7) is 0. The third kappa shape index (κ3) is 3.19. The Morgan fingerprint density at radius 1 is 0.844 bits per heavy atom. The minimum atomic E-state index is -0.682. The molecule has 0 unspecified atom stereocenters. The zero-order valence-corrected chi connectivity index (χ0v) is 18.7. The summed E-state index contributed by atoms with van der Waals surface area (Å²) in [6.07, 6.45) is 0.440. The van der Waals surface area contributed by atoms with Gasteiger partial charge in [0.05, 0.1) is 20.1 Å². The fourth-order valence-corrected chi connectivity index (χ4v) is 4.51. The first-order chi connectivity index (χ1) is 15.0. The van der Waals surface area contributed by atoms with Crippen LogP contribution in [0, 0.1) is 0 Å². The van der Waals surface area contributed by atoms with Crippen LogP contribution in [-0.2, 0) is 0 Å². The average molecular weight is 493 g/mol. The lowest BCUT2D eigenvalue weighted by atomic mass is 9.77. The number of hydrogen-bond acceptors (Lipinski definition) is 4. The van der Waals surface area contributed by atoms with E-state index in [4.69, 9.17) is 82.2 Å². The van der Waals surface area contributed by atoms with Gasteiger partial charge in [-0.25, -0.2) is 0 Å². The third-order valence-corrected chi connectivity index (χ3v) is 6.84. The maximum atomic E-state index is 12.4. The first-order valence-corrected chi connectivity index (χ1v) is 10.2. The Kier molecular flexibility index (Phi) is 5.87. The van der Waals surface area contributed by atoms with Crippen molar-refractivity contribution in [2.24, 2.45) is 0 Å². The van der Waals surface area contributed by atoms with Gasteiger partial charge in [0, 0.05) is 27.6 Å². The predicted octanol–water partition coefficient (Wildman–Crippen LogP) is 1.87. The molecule has 32 heavy (non-hydrogen) atoms. The zero-order valence-electron chi connectivity index (χ0n) is 15.7. The molecule has 2 aromatic rings. The number of aldehydes is 1. The molecule has 148 valence electrons. The number of phenolic OH excluding ortho intramolecular Hbond substituents is 1. The lowest BCUT2D eigenvalue weighted by Gasteiger charge is -2.22. The molecule has 0 aromatic heterocycles. The van der Waals surface area contributed by atoms with Crippen LogP contribution in [0.4, 0.5) is 0 Å². The van der Waals surface area contributed by atoms with Crippen LogP contribution in [0.2, 0.25) is 20.1 Å². The lowest BCUT2D eigenvalue weighted by molar-refractivity contribution is 0.112. The first kappa shape index (κ1) is 23.2. The fraction of sp³-hybridized carbons (Fsp3) is 0. The minimum Gasteiger partial charge on any atom is -0.509 e. The fourth-order valence-electron chi connectivity index (χ4n) is 3.50. The largest absolute Gasteiger partial charge is 0.509 e. The van der Waals surface area contributed by atoms with E-state index in [1.165, 1.54) is 12.1 Å². The van der Waals surface area contributed by atoms with Gasteiger partial charge in [-0.05, 0) is 16.4 Å². The molecule has 4 nitrogen and oxygen atoms in total. The van der Waals surface area contributed by atoms with Crippen molar-refractivity contribution in [3.05, 3.63) is 48.0 Å². The second kappa shape index (κ2) is 8.10. The molecule has 1 N–H and O–H groups in total. The highest BCUT2D eigenvalue weighted by Crippen LogP contribution is 2.49. The van der Waals surface area contributed by atoms with Crippen LogP contribution in [-0.4, -0.2) is 42.8 Å². The van der Waals surface area contributed by atoms with E-state index in [1.54, 1.807) is 0 Å². The summed E-state index contributed by atoms with van der Waals surface area (Å²) in [5.41, 5.74) is -1.29. The molecule has 2 aromatic carbocycles. The second-order valence-corrected chi connectivity index (χ2v) is 8.34. The summed E-state index contributed by atoms with van der Waals surface area (Å²) in [5, 5.41) is 9.90. The van der Waals surface area contributed by atoms with Crippen LogP contribution in [0.5, 0.6) is 5.75 Å². The summed E-state index contributed by atoms with van der Waals surface area (Å²) in [4.78, 5) is 24.4. The Morgan fingerprint density at radius 3 is 2.09 bits per heavy atom. The monoisotopic (exact) mass is 492 g/mol. The number of carbonyl (C=O) groups excluding carboxylic acids is 1. The Labute approximate surface area is 206 Å². The van der Waals surface area contributed by atoms with Crippen molar-refractivity contribution in [3.8, 4) is 28.2 Å². The molecule has 12 heteroatoms. The summed E-state index contributed by atoms with van der Waals surface area (Å²) in [5.74, 6) is -0.561. The standard InChI is InChI=1S/C20H4B4Cl4O4/c21-7-1-4-9(10-6(3-29)13(25)15(27)16(28)14(10)26)5-2-8(22)18(31)12(24)20(5)32-19(4)11(23)17(7)30/h1-3,30H. The van der Waals surface area contributed by atoms with Gasteiger partial charge in [0.15, 0.2) is 11.7 Å². The molecule has 0 fully saturated rings. The van der Waals surface area contributed by atoms with Gasteiger partial charge < -0.3 is 9.52 Å². The molecule has 8 radical (unpaired) electrons. The quantitative estimate of drug-likeness (QED) is 0.152. The van der Waals surface area contributed by atoms with E-state index in [0.29, 0.717) is 6.29 Å². The number of fused-ring (bicyclic) bond motifs is 2. The number of phenols is 1. The van der Waals surface area contributed by atoms with E-state index in [9.17, 15) is 14.7 Å². The van der Waals surface area contributed by atoms with Crippen molar-refractivity contribution < 1.29 is 14.3 Å². The van der Waals surface area contributed by atoms with Crippen LogP contribution < -0.4 is 27.3 Å². The summed E-state index contributed by atoms with van der Waals surface area (Å²) in [6, 6.07) is 2.64. The SMILES string of the molecule is [B]c1cc2c(-c3c(Cl)c(Cl)c(Cl)c(Cl)c3C=O)c3cc([B])c(=O)c([B])c-3oc2c([B])c1O. The normalized spacial score (nSPS) is 11.4. The second-order valence-electron chi connectivity index (χ2n) is 6.83. The van der Waals surface area contributed by atoms with Crippen molar-refractivity contribution in [3.63, 3.8) is 0 Å². The molecule has 2 aliphatic rings. The van der Waals surface area contributed by atoms with Gasteiger partial charge in [0.2, 0.25) is 0 Å². The van der Waals surface area contributed by atoms with Crippen molar-refractivity contribution in [1.29, 1.82) is 0 Å². The maximum absolute atomic E-state index is 12.4. The van der Waals surface area contributed by atoms with Crippen molar-refractivity contribution >= 4 is 117 Å². The molecule has 0 bridgehead atoms.